The lowest BCUT2D eigenvalue weighted by molar-refractivity contribution is 0.0749. The van der Waals surface area contributed by atoms with Gasteiger partial charge in [0.1, 0.15) is 0 Å². The summed E-state index contributed by atoms with van der Waals surface area (Å²) in [7, 11) is 0. The SMILES string of the molecule is Cc1noc(CN2CCCC[C@@H]2CO)n1. The molecule has 84 valence electrons. The van der Waals surface area contributed by atoms with Gasteiger partial charge in [-0.05, 0) is 26.3 Å². The van der Waals surface area contributed by atoms with Crippen LogP contribution in [0.1, 0.15) is 31.0 Å². The fourth-order valence-corrected chi connectivity index (χ4v) is 2.05. The Balaban J connectivity index is 1.97. The normalized spacial score (nSPS) is 23.2. The molecule has 1 saturated heterocycles. The zero-order valence-corrected chi connectivity index (χ0v) is 9.02. The van der Waals surface area contributed by atoms with Crippen LogP contribution in [0.25, 0.3) is 0 Å². The van der Waals surface area contributed by atoms with E-state index in [-0.39, 0.29) is 12.6 Å². The molecule has 0 unspecified atom stereocenters. The van der Waals surface area contributed by atoms with Crippen molar-refractivity contribution in [3.63, 3.8) is 0 Å². The molecule has 2 heterocycles. The topological polar surface area (TPSA) is 62.4 Å². The first-order chi connectivity index (χ1) is 7.29. The van der Waals surface area contributed by atoms with E-state index in [0.717, 1.165) is 13.0 Å². The van der Waals surface area contributed by atoms with Crippen molar-refractivity contribution >= 4 is 0 Å². The van der Waals surface area contributed by atoms with E-state index >= 15 is 0 Å². The van der Waals surface area contributed by atoms with Crippen LogP contribution in [0.3, 0.4) is 0 Å². The summed E-state index contributed by atoms with van der Waals surface area (Å²) in [5, 5.41) is 13.0. The highest BCUT2D eigenvalue weighted by Crippen LogP contribution is 2.18. The summed E-state index contributed by atoms with van der Waals surface area (Å²) in [6, 6.07) is 0.256. The molecule has 1 fully saturated rings. The first-order valence-corrected chi connectivity index (χ1v) is 5.43. The van der Waals surface area contributed by atoms with Crippen LogP contribution in [-0.4, -0.2) is 39.3 Å². The molecule has 0 aromatic carbocycles. The Bertz CT molecular complexity index is 313. The molecule has 1 aliphatic heterocycles. The lowest BCUT2D eigenvalue weighted by Crippen LogP contribution is -2.41. The molecule has 5 heteroatoms. The molecule has 0 bridgehead atoms. The smallest absolute Gasteiger partial charge is 0.240 e. The van der Waals surface area contributed by atoms with Gasteiger partial charge in [-0.15, -0.1) is 0 Å². The highest BCUT2D eigenvalue weighted by molar-refractivity contribution is 4.86. The van der Waals surface area contributed by atoms with Crippen LogP contribution in [0.15, 0.2) is 4.52 Å². The van der Waals surface area contributed by atoms with Crippen LogP contribution in [0, 0.1) is 6.92 Å². The number of rotatable bonds is 3. The lowest BCUT2D eigenvalue weighted by atomic mass is 10.0. The van der Waals surface area contributed by atoms with Gasteiger partial charge in [0.15, 0.2) is 5.82 Å². The average molecular weight is 211 g/mol. The molecule has 0 spiro atoms. The molecule has 1 atom stereocenters. The van der Waals surface area contributed by atoms with Crippen LogP contribution in [-0.2, 0) is 6.54 Å². The molecule has 1 aromatic heterocycles. The van der Waals surface area contributed by atoms with E-state index in [1.54, 1.807) is 0 Å². The molecular weight excluding hydrogens is 194 g/mol. The van der Waals surface area contributed by atoms with Crippen molar-refractivity contribution in [3.05, 3.63) is 11.7 Å². The molecule has 5 nitrogen and oxygen atoms in total. The van der Waals surface area contributed by atoms with E-state index in [1.165, 1.54) is 12.8 Å². The summed E-state index contributed by atoms with van der Waals surface area (Å²) in [5.74, 6) is 1.32. The van der Waals surface area contributed by atoms with E-state index in [4.69, 9.17) is 4.52 Å². The van der Waals surface area contributed by atoms with E-state index < -0.39 is 0 Å². The summed E-state index contributed by atoms with van der Waals surface area (Å²) < 4.78 is 5.08. The van der Waals surface area contributed by atoms with Crippen LogP contribution in [0.4, 0.5) is 0 Å². The van der Waals surface area contributed by atoms with E-state index in [9.17, 15) is 5.11 Å². The zero-order chi connectivity index (χ0) is 10.7. The third-order valence-corrected chi connectivity index (χ3v) is 2.87. The Morgan fingerprint density at radius 2 is 2.40 bits per heavy atom. The van der Waals surface area contributed by atoms with Gasteiger partial charge in [0.2, 0.25) is 5.89 Å². The molecule has 1 aliphatic rings. The summed E-state index contributed by atoms with van der Waals surface area (Å²) >= 11 is 0. The largest absolute Gasteiger partial charge is 0.395 e. The maximum atomic E-state index is 9.24. The number of aryl methyl sites for hydroxylation is 1. The Morgan fingerprint density at radius 3 is 3.07 bits per heavy atom. The molecular formula is C10H17N3O2. The molecule has 0 saturated carbocycles. The van der Waals surface area contributed by atoms with Crippen molar-refractivity contribution in [2.45, 2.75) is 38.8 Å². The standard InChI is InChI=1S/C10H17N3O2/c1-8-11-10(15-12-8)6-13-5-3-2-4-9(13)7-14/h9,14H,2-7H2,1H3/t9-/m1/s1. The summed E-state index contributed by atoms with van der Waals surface area (Å²) in [6.07, 6.45) is 3.44. The molecule has 0 amide bonds. The number of likely N-dealkylation sites (tertiary alicyclic amines) is 1. The van der Waals surface area contributed by atoms with Crippen LogP contribution >= 0.6 is 0 Å². The minimum atomic E-state index is 0.215. The van der Waals surface area contributed by atoms with Crippen molar-refractivity contribution < 1.29 is 9.63 Å². The quantitative estimate of drug-likeness (QED) is 0.798. The van der Waals surface area contributed by atoms with Gasteiger partial charge >= 0.3 is 0 Å². The van der Waals surface area contributed by atoms with Crippen molar-refractivity contribution in [1.29, 1.82) is 0 Å². The summed E-state index contributed by atoms with van der Waals surface area (Å²) in [6.45, 7) is 3.69. The van der Waals surface area contributed by atoms with Gasteiger partial charge in [-0.1, -0.05) is 11.6 Å². The Hall–Kier alpha value is -0.940. The third kappa shape index (κ3) is 2.54. The molecule has 1 N–H and O–H groups in total. The van der Waals surface area contributed by atoms with Gasteiger partial charge in [-0.25, -0.2) is 0 Å². The first-order valence-electron chi connectivity index (χ1n) is 5.43. The van der Waals surface area contributed by atoms with Gasteiger partial charge in [0.25, 0.3) is 0 Å². The zero-order valence-electron chi connectivity index (χ0n) is 9.02. The number of aromatic nitrogens is 2. The average Bonchev–Trinajstić information content (AvgIpc) is 2.65. The second-order valence-corrected chi connectivity index (χ2v) is 4.04. The van der Waals surface area contributed by atoms with E-state index in [0.29, 0.717) is 18.3 Å². The second-order valence-electron chi connectivity index (χ2n) is 4.04. The molecule has 15 heavy (non-hydrogen) atoms. The van der Waals surface area contributed by atoms with E-state index in [2.05, 4.69) is 15.0 Å². The molecule has 0 aliphatic carbocycles. The Kier molecular flexibility index (Phi) is 3.33. The van der Waals surface area contributed by atoms with Crippen molar-refractivity contribution in [2.24, 2.45) is 0 Å². The van der Waals surface area contributed by atoms with Crippen LogP contribution in [0.2, 0.25) is 0 Å². The Labute approximate surface area is 89.1 Å². The van der Waals surface area contributed by atoms with Gasteiger partial charge in [-0.3, -0.25) is 4.90 Å². The second kappa shape index (κ2) is 4.72. The van der Waals surface area contributed by atoms with Crippen LogP contribution in [0.5, 0.6) is 0 Å². The monoisotopic (exact) mass is 211 g/mol. The molecule has 2 rings (SSSR count). The number of hydrogen-bond donors (Lipinski definition) is 1. The minimum absolute atomic E-state index is 0.215. The number of hydrogen-bond acceptors (Lipinski definition) is 5. The first kappa shape index (κ1) is 10.6. The fraction of sp³-hybridized carbons (Fsp3) is 0.800. The van der Waals surface area contributed by atoms with Gasteiger partial charge < -0.3 is 9.63 Å². The third-order valence-electron chi connectivity index (χ3n) is 2.87. The van der Waals surface area contributed by atoms with E-state index in [1.807, 2.05) is 6.92 Å². The summed E-state index contributed by atoms with van der Waals surface area (Å²) in [5.41, 5.74) is 0. The van der Waals surface area contributed by atoms with Crippen molar-refractivity contribution in [2.75, 3.05) is 13.2 Å². The summed E-state index contributed by atoms with van der Waals surface area (Å²) in [4.78, 5) is 6.39. The predicted octanol–water partition coefficient (Wildman–Crippen LogP) is 0.725. The van der Waals surface area contributed by atoms with Crippen LogP contribution < -0.4 is 0 Å². The van der Waals surface area contributed by atoms with Crippen molar-refractivity contribution in [3.8, 4) is 0 Å². The van der Waals surface area contributed by atoms with Crippen molar-refractivity contribution in [1.82, 2.24) is 15.0 Å². The maximum Gasteiger partial charge on any atom is 0.240 e. The Morgan fingerprint density at radius 1 is 1.53 bits per heavy atom. The minimum Gasteiger partial charge on any atom is -0.395 e. The highest BCUT2D eigenvalue weighted by atomic mass is 16.5. The maximum absolute atomic E-state index is 9.24. The number of aliphatic hydroxyl groups is 1. The number of piperidine rings is 1. The van der Waals surface area contributed by atoms with Gasteiger partial charge in [-0.2, -0.15) is 4.98 Å². The molecule has 1 aromatic rings. The lowest BCUT2D eigenvalue weighted by Gasteiger charge is -2.33. The number of aliphatic hydroxyl groups excluding tert-OH is 1. The highest BCUT2D eigenvalue weighted by Gasteiger charge is 2.23. The van der Waals surface area contributed by atoms with Gasteiger partial charge in [0, 0.05) is 6.04 Å². The fourth-order valence-electron chi connectivity index (χ4n) is 2.05. The predicted molar refractivity (Wildman–Crippen MR) is 54.2 cm³/mol. The number of nitrogens with zero attached hydrogens (tertiary/aromatic N) is 3. The molecule has 0 radical (unpaired) electrons. The van der Waals surface area contributed by atoms with Gasteiger partial charge in [0.05, 0.1) is 13.2 Å².